The van der Waals surface area contributed by atoms with Crippen molar-refractivity contribution >= 4 is 12.1 Å². The van der Waals surface area contributed by atoms with Gasteiger partial charge in [0.25, 0.3) is 5.91 Å². The summed E-state index contributed by atoms with van der Waals surface area (Å²) >= 11 is 0. The fourth-order valence-corrected chi connectivity index (χ4v) is 1.74. The SMILES string of the molecule is Cc1ccc(OCC(=O)N/N=C/c2cccc(C)c2)cc1. The quantitative estimate of drug-likeness (QED) is 0.677. The fourth-order valence-electron chi connectivity index (χ4n) is 1.74. The summed E-state index contributed by atoms with van der Waals surface area (Å²) in [4.78, 5) is 11.6. The van der Waals surface area contributed by atoms with Crippen molar-refractivity contribution in [1.82, 2.24) is 5.43 Å². The van der Waals surface area contributed by atoms with Crippen molar-refractivity contribution < 1.29 is 9.53 Å². The molecule has 0 aliphatic rings. The van der Waals surface area contributed by atoms with Crippen LogP contribution in [0.5, 0.6) is 5.75 Å². The second kappa shape index (κ2) is 7.24. The predicted octanol–water partition coefficient (Wildman–Crippen LogP) is 2.83. The van der Waals surface area contributed by atoms with E-state index in [9.17, 15) is 4.79 Å². The molecule has 21 heavy (non-hydrogen) atoms. The minimum Gasteiger partial charge on any atom is -0.484 e. The Balaban J connectivity index is 1.78. The third kappa shape index (κ3) is 5.10. The van der Waals surface area contributed by atoms with Gasteiger partial charge in [0, 0.05) is 0 Å². The zero-order valence-electron chi connectivity index (χ0n) is 12.2. The van der Waals surface area contributed by atoms with E-state index in [0.717, 1.165) is 16.7 Å². The van der Waals surface area contributed by atoms with Crippen molar-refractivity contribution in [3.05, 3.63) is 65.2 Å². The fraction of sp³-hybridized carbons (Fsp3) is 0.176. The summed E-state index contributed by atoms with van der Waals surface area (Å²) < 4.78 is 5.36. The van der Waals surface area contributed by atoms with E-state index < -0.39 is 0 Å². The average molecular weight is 282 g/mol. The molecule has 0 saturated heterocycles. The largest absolute Gasteiger partial charge is 0.484 e. The van der Waals surface area contributed by atoms with Crippen LogP contribution in [0, 0.1) is 13.8 Å². The molecular formula is C17H18N2O2. The highest BCUT2D eigenvalue weighted by atomic mass is 16.5. The van der Waals surface area contributed by atoms with E-state index in [1.54, 1.807) is 6.21 Å². The Morgan fingerprint density at radius 3 is 2.62 bits per heavy atom. The molecule has 1 N–H and O–H groups in total. The van der Waals surface area contributed by atoms with Gasteiger partial charge < -0.3 is 4.74 Å². The van der Waals surface area contributed by atoms with Gasteiger partial charge in [-0.15, -0.1) is 0 Å². The Morgan fingerprint density at radius 1 is 1.14 bits per heavy atom. The van der Waals surface area contributed by atoms with Gasteiger partial charge in [0.05, 0.1) is 6.21 Å². The highest BCUT2D eigenvalue weighted by Gasteiger charge is 2.00. The van der Waals surface area contributed by atoms with Crippen LogP contribution >= 0.6 is 0 Å². The summed E-state index contributed by atoms with van der Waals surface area (Å²) in [6, 6.07) is 15.4. The molecule has 108 valence electrons. The van der Waals surface area contributed by atoms with Gasteiger partial charge in [-0.3, -0.25) is 4.79 Å². The van der Waals surface area contributed by atoms with Gasteiger partial charge in [-0.05, 0) is 31.5 Å². The average Bonchev–Trinajstić information content (AvgIpc) is 2.47. The molecule has 0 fully saturated rings. The van der Waals surface area contributed by atoms with E-state index in [0.29, 0.717) is 5.75 Å². The highest BCUT2D eigenvalue weighted by Crippen LogP contribution is 2.10. The molecule has 0 radical (unpaired) electrons. The molecule has 2 aromatic carbocycles. The van der Waals surface area contributed by atoms with E-state index in [1.807, 2.05) is 62.4 Å². The molecule has 0 unspecified atom stereocenters. The van der Waals surface area contributed by atoms with Crippen molar-refractivity contribution in [1.29, 1.82) is 0 Å². The van der Waals surface area contributed by atoms with Crippen LogP contribution in [0.4, 0.5) is 0 Å². The molecule has 0 aliphatic carbocycles. The molecule has 2 rings (SSSR count). The third-order valence-corrected chi connectivity index (χ3v) is 2.84. The number of carbonyl (C=O) groups is 1. The molecule has 0 heterocycles. The number of rotatable bonds is 5. The van der Waals surface area contributed by atoms with Gasteiger partial charge in [-0.2, -0.15) is 5.10 Å². The molecular weight excluding hydrogens is 264 g/mol. The number of hydrogen-bond acceptors (Lipinski definition) is 3. The second-order valence-corrected chi connectivity index (χ2v) is 4.81. The predicted molar refractivity (Wildman–Crippen MR) is 83.6 cm³/mol. The Labute approximate surface area is 124 Å². The van der Waals surface area contributed by atoms with E-state index in [4.69, 9.17) is 4.74 Å². The molecule has 0 saturated carbocycles. The molecule has 0 spiro atoms. The second-order valence-electron chi connectivity index (χ2n) is 4.81. The molecule has 0 aliphatic heterocycles. The maximum atomic E-state index is 11.6. The summed E-state index contributed by atoms with van der Waals surface area (Å²) in [6.45, 7) is 3.94. The number of nitrogens with one attached hydrogen (secondary N) is 1. The first kappa shape index (κ1) is 14.8. The standard InChI is InChI=1S/C17H18N2O2/c1-13-6-8-16(9-7-13)21-12-17(20)19-18-11-15-5-3-4-14(2)10-15/h3-11H,12H2,1-2H3,(H,19,20)/b18-11+. The van der Waals surface area contributed by atoms with Crippen LogP contribution in [0.3, 0.4) is 0 Å². The van der Waals surface area contributed by atoms with Crippen LogP contribution in [0.1, 0.15) is 16.7 Å². The number of carbonyl (C=O) groups excluding carboxylic acids is 1. The summed E-state index contributed by atoms with van der Waals surface area (Å²) in [6.07, 6.45) is 1.61. The zero-order chi connectivity index (χ0) is 15.1. The van der Waals surface area contributed by atoms with Crippen LogP contribution in [0.15, 0.2) is 53.6 Å². The van der Waals surface area contributed by atoms with E-state index >= 15 is 0 Å². The van der Waals surface area contributed by atoms with E-state index in [2.05, 4.69) is 10.5 Å². The van der Waals surface area contributed by atoms with Crippen molar-refractivity contribution in [2.45, 2.75) is 13.8 Å². The zero-order valence-corrected chi connectivity index (χ0v) is 12.2. The first-order valence-corrected chi connectivity index (χ1v) is 6.71. The maximum absolute atomic E-state index is 11.6. The molecule has 0 bridgehead atoms. The van der Waals surface area contributed by atoms with Gasteiger partial charge >= 0.3 is 0 Å². The minimum atomic E-state index is -0.292. The number of benzene rings is 2. The Hall–Kier alpha value is -2.62. The van der Waals surface area contributed by atoms with Crippen molar-refractivity contribution in [2.75, 3.05) is 6.61 Å². The Morgan fingerprint density at radius 2 is 1.90 bits per heavy atom. The maximum Gasteiger partial charge on any atom is 0.277 e. The van der Waals surface area contributed by atoms with Gasteiger partial charge in [0.2, 0.25) is 0 Å². The topological polar surface area (TPSA) is 50.7 Å². The smallest absolute Gasteiger partial charge is 0.277 e. The molecule has 2 aromatic rings. The lowest BCUT2D eigenvalue weighted by molar-refractivity contribution is -0.123. The van der Waals surface area contributed by atoms with E-state index in [1.165, 1.54) is 0 Å². The molecule has 1 amide bonds. The van der Waals surface area contributed by atoms with Gasteiger partial charge in [0.1, 0.15) is 5.75 Å². The molecule has 0 atom stereocenters. The van der Waals surface area contributed by atoms with Crippen LogP contribution in [-0.4, -0.2) is 18.7 Å². The number of amides is 1. The lowest BCUT2D eigenvalue weighted by Crippen LogP contribution is -2.24. The third-order valence-electron chi connectivity index (χ3n) is 2.84. The summed E-state index contributed by atoms with van der Waals surface area (Å²) in [5.74, 6) is 0.373. The minimum absolute atomic E-state index is 0.0613. The molecule has 4 nitrogen and oxygen atoms in total. The number of aryl methyl sites for hydroxylation is 2. The number of nitrogens with zero attached hydrogens (tertiary/aromatic N) is 1. The first-order chi connectivity index (χ1) is 10.1. The van der Waals surface area contributed by atoms with Crippen molar-refractivity contribution in [3.8, 4) is 5.75 Å². The van der Waals surface area contributed by atoms with E-state index in [-0.39, 0.29) is 12.5 Å². The van der Waals surface area contributed by atoms with Gasteiger partial charge in [0.15, 0.2) is 6.61 Å². The van der Waals surface area contributed by atoms with Gasteiger partial charge in [-0.1, -0.05) is 47.5 Å². The summed E-state index contributed by atoms with van der Waals surface area (Å²) in [5, 5.41) is 3.90. The van der Waals surface area contributed by atoms with Crippen LogP contribution in [0.2, 0.25) is 0 Å². The highest BCUT2D eigenvalue weighted by molar-refractivity contribution is 5.83. The van der Waals surface area contributed by atoms with Crippen LogP contribution in [0.25, 0.3) is 0 Å². The lowest BCUT2D eigenvalue weighted by atomic mass is 10.2. The Kier molecular flexibility index (Phi) is 5.10. The first-order valence-electron chi connectivity index (χ1n) is 6.71. The summed E-state index contributed by atoms with van der Waals surface area (Å²) in [5.41, 5.74) is 5.67. The van der Waals surface area contributed by atoms with Crippen molar-refractivity contribution in [3.63, 3.8) is 0 Å². The van der Waals surface area contributed by atoms with Gasteiger partial charge in [-0.25, -0.2) is 5.43 Å². The lowest BCUT2D eigenvalue weighted by Gasteiger charge is -2.05. The van der Waals surface area contributed by atoms with Crippen LogP contribution < -0.4 is 10.2 Å². The monoisotopic (exact) mass is 282 g/mol. The normalized spacial score (nSPS) is 10.6. The van der Waals surface area contributed by atoms with Crippen molar-refractivity contribution in [2.24, 2.45) is 5.10 Å². The Bertz CT molecular complexity index is 633. The molecule has 0 aromatic heterocycles. The summed E-state index contributed by atoms with van der Waals surface area (Å²) in [7, 11) is 0. The molecule has 4 heteroatoms. The number of hydrogen-bond donors (Lipinski definition) is 1. The van der Waals surface area contributed by atoms with Crippen LogP contribution in [-0.2, 0) is 4.79 Å². The number of ether oxygens (including phenoxy) is 1. The number of hydrazone groups is 1.